The molecule has 0 saturated heterocycles. The Hall–Kier alpha value is -2.03. The number of hydrogen-bond donors (Lipinski definition) is 2. The maximum absolute atomic E-state index is 12.4. The van der Waals surface area contributed by atoms with Crippen LogP contribution in [0.15, 0.2) is 41.4 Å². The van der Waals surface area contributed by atoms with Crippen molar-refractivity contribution in [3.8, 4) is 11.5 Å². The first-order valence-electron chi connectivity index (χ1n) is 6.90. The molecule has 1 heterocycles. The van der Waals surface area contributed by atoms with Crippen LogP contribution in [0.4, 0.5) is 0 Å². The van der Waals surface area contributed by atoms with Crippen LogP contribution in [0.2, 0.25) is 0 Å². The van der Waals surface area contributed by atoms with E-state index in [-0.39, 0.29) is 17.2 Å². The van der Waals surface area contributed by atoms with Gasteiger partial charge in [0.2, 0.25) is 10.0 Å². The number of hydrogen-bond acceptors (Lipinski definition) is 5. The minimum Gasteiger partial charge on any atom is -0.497 e. The Bertz CT molecular complexity index is 770. The van der Waals surface area contributed by atoms with Gasteiger partial charge in [-0.2, -0.15) is 0 Å². The summed E-state index contributed by atoms with van der Waals surface area (Å²) >= 11 is 0. The average molecular weight is 340 g/mol. The van der Waals surface area contributed by atoms with Gasteiger partial charge in [0, 0.05) is 31.5 Å². The zero-order valence-corrected chi connectivity index (χ0v) is 14.0. The molecule has 0 aliphatic rings. The minimum absolute atomic E-state index is 0.0140. The summed E-state index contributed by atoms with van der Waals surface area (Å²) in [5.41, 5.74) is 0.620. The number of aliphatic hydroxyl groups is 1. The lowest BCUT2D eigenvalue weighted by atomic mass is 10.2. The number of aryl methyl sites for hydroxylation is 1. The maximum Gasteiger partial charge on any atom is 0.244 e. The molecule has 1 aromatic carbocycles. The van der Waals surface area contributed by atoms with E-state index in [9.17, 15) is 13.5 Å². The monoisotopic (exact) mass is 340 g/mol. The largest absolute Gasteiger partial charge is 0.497 e. The molecule has 0 saturated carbocycles. The molecule has 1 unspecified atom stereocenters. The van der Waals surface area contributed by atoms with E-state index in [1.165, 1.54) is 32.4 Å². The predicted molar refractivity (Wildman–Crippen MR) is 85.1 cm³/mol. The summed E-state index contributed by atoms with van der Waals surface area (Å²) in [6, 6.07) is 7.92. The second-order valence-electron chi connectivity index (χ2n) is 4.93. The van der Waals surface area contributed by atoms with Crippen molar-refractivity contribution in [1.82, 2.24) is 9.29 Å². The molecule has 1 aromatic heterocycles. The van der Waals surface area contributed by atoms with Crippen molar-refractivity contribution in [1.29, 1.82) is 0 Å². The van der Waals surface area contributed by atoms with Crippen molar-refractivity contribution < 1.29 is 23.0 Å². The van der Waals surface area contributed by atoms with Gasteiger partial charge in [0.25, 0.3) is 0 Å². The van der Waals surface area contributed by atoms with Crippen LogP contribution in [0.5, 0.6) is 11.5 Å². The molecule has 0 radical (unpaired) electrons. The molecule has 0 aliphatic carbocycles. The lowest BCUT2D eigenvalue weighted by Gasteiger charge is -2.15. The third kappa shape index (κ3) is 3.84. The highest BCUT2D eigenvalue weighted by atomic mass is 32.2. The van der Waals surface area contributed by atoms with E-state index in [1.807, 2.05) is 0 Å². The van der Waals surface area contributed by atoms with E-state index in [0.29, 0.717) is 11.4 Å². The Morgan fingerprint density at radius 2 is 2.00 bits per heavy atom. The Balaban J connectivity index is 2.17. The van der Waals surface area contributed by atoms with E-state index in [1.54, 1.807) is 29.9 Å². The number of benzene rings is 1. The van der Waals surface area contributed by atoms with E-state index in [0.717, 1.165) is 0 Å². The first-order chi connectivity index (χ1) is 10.9. The number of nitrogens with one attached hydrogen (secondary N) is 1. The molecule has 0 amide bonds. The van der Waals surface area contributed by atoms with Crippen molar-refractivity contribution in [3.05, 3.63) is 42.2 Å². The Morgan fingerprint density at radius 3 is 2.57 bits per heavy atom. The topological polar surface area (TPSA) is 89.8 Å². The molecule has 0 bridgehead atoms. The highest BCUT2D eigenvalue weighted by Gasteiger charge is 2.22. The van der Waals surface area contributed by atoms with Crippen molar-refractivity contribution in [2.75, 3.05) is 20.8 Å². The van der Waals surface area contributed by atoms with Gasteiger partial charge in [-0.3, -0.25) is 0 Å². The van der Waals surface area contributed by atoms with Crippen molar-refractivity contribution in [2.45, 2.75) is 11.0 Å². The molecule has 2 aromatic rings. The second-order valence-corrected chi connectivity index (χ2v) is 6.66. The number of rotatable bonds is 7. The molecule has 23 heavy (non-hydrogen) atoms. The summed E-state index contributed by atoms with van der Waals surface area (Å²) in [7, 11) is 0.816. The van der Waals surface area contributed by atoms with Gasteiger partial charge in [-0.15, -0.1) is 0 Å². The predicted octanol–water partition coefficient (Wildman–Crippen LogP) is 1.05. The molecule has 8 heteroatoms. The number of sulfonamides is 1. The summed E-state index contributed by atoms with van der Waals surface area (Å²) in [6.45, 7) is -0.143. The molecule has 2 rings (SSSR count). The summed E-state index contributed by atoms with van der Waals surface area (Å²) in [4.78, 5) is -0.0140. The highest BCUT2D eigenvalue weighted by molar-refractivity contribution is 7.89. The molecule has 0 fully saturated rings. The summed E-state index contributed by atoms with van der Waals surface area (Å²) in [6.07, 6.45) is 0.827. The van der Waals surface area contributed by atoms with Gasteiger partial charge in [0.15, 0.2) is 0 Å². The molecule has 2 N–H and O–H groups in total. The van der Waals surface area contributed by atoms with Crippen LogP contribution >= 0.6 is 0 Å². The molecular formula is C15H20N2O5S. The minimum atomic E-state index is -3.83. The van der Waals surface area contributed by atoms with Gasteiger partial charge in [0.1, 0.15) is 22.5 Å². The number of ether oxygens (including phenoxy) is 2. The van der Waals surface area contributed by atoms with Gasteiger partial charge in [0.05, 0.1) is 14.2 Å². The summed E-state index contributed by atoms with van der Waals surface area (Å²) in [5.74, 6) is 0.662. The van der Waals surface area contributed by atoms with Crippen LogP contribution < -0.4 is 14.2 Å². The molecule has 0 aliphatic heterocycles. The van der Waals surface area contributed by atoms with E-state index < -0.39 is 16.1 Å². The smallest absolute Gasteiger partial charge is 0.244 e. The standard InChI is InChI=1S/C15H20N2O5S/c1-17-8-4-5-12(17)13(18)10-16-23(19,20)15-7-6-11(21-2)9-14(15)22-3/h4-9,13,16,18H,10H2,1-3H3. The molecule has 7 nitrogen and oxygen atoms in total. The second kappa shape index (κ2) is 7.03. The Labute approximate surface area is 135 Å². The van der Waals surface area contributed by atoms with Crippen molar-refractivity contribution in [3.63, 3.8) is 0 Å². The van der Waals surface area contributed by atoms with Gasteiger partial charge in [-0.25, -0.2) is 13.1 Å². The van der Waals surface area contributed by atoms with Crippen LogP contribution in [0.25, 0.3) is 0 Å². The fourth-order valence-corrected chi connectivity index (χ4v) is 3.38. The molecule has 0 spiro atoms. The first-order valence-corrected chi connectivity index (χ1v) is 8.38. The number of aromatic nitrogens is 1. The third-order valence-corrected chi connectivity index (χ3v) is 4.92. The van der Waals surface area contributed by atoms with Gasteiger partial charge in [-0.1, -0.05) is 0 Å². The SMILES string of the molecule is COc1ccc(S(=O)(=O)NCC(O)c2cccn2C)c(OC)c1. The Morgan fingerprint density at radius 1 is 1.26 bits per heavy atom. The average Bonchev–Trinajstić information content (AvgIpc) is 2.98. The fourth-order valence-electron chi connectivity index (χ4n) is 2.19. The maximum atomic E-state index is 12.4. The zero-order valence-electron chi connectivity index (χ0n) is 13.2. The highest BCUT2D eigenvalue weighted by Crippen LogP contribution is 2.28. The fraction of sp³-hybridized carbons (Fsp3) is 0.333. The molecular weight excluding hydrogens is 320 g/mol. The van der Waals surface area contributed by atoms with Gasteiger partial charge < -0.3 is 19.1 Å². The number of methoxy groups -OCH3 is 2. The van der Waals surface area contributed by atoms with E-state index in [2.05, 4.69) is 4.72 Å². The number of aliphatic hydroxyl groups excluding tert-OH is 1. The zero-order chi connectivity index (χ0) is 17.0. The van der Waals surface area contributed by atoms with E-state index in [4.69, 9.17) is 9.47 Å². The summed E-state index contributed by atoms with van der Waals surface area (Å²) < 4.78 is 39.1. The lowest BCUT2D eigenvalue weighted by molar-refractivity contribution is 0.173. The first kappa shape index (κ1) is 17.3. The third-order valence-electron chi connectivity index (χ3n) is 3.45. The van der Waals surface area contributed by atoms with Crippen molar-refractivity contribution in [2.24, 2.45) is 7.05 Å². The van der Waals surface area contributed by atoms with Crippen LogP contribution in [-0.4, -0.2) is 38.9 Å². The normalized spacial score (nSPS) is 12.9. The van der Waals surface area contributed by atoms with Gasteiger partial charge >= 0.3 is 0 Å². The van der Waals surface area contributed by atoms with Crippen LogP contribution in [-0.2, 0) is 17.1 Å². The van der Waals surface area contributed by atoms with Gasteiger partial charge in [-0.05, 0) is 24.3 Å². The van der Waals surface area contributed by atoms with Crippen molar-refractivity contribution >= 4 is 10.0 Å². The van der Waals surface area contributed by atoms with Crippen LogP contribution in [0, 0.1) is 0 Å². The van der Waals surface area contributed by atoms with E-state index >= 15 is 0 Å². The lowest BCUT2D eigenvalue weighted by Crippen LogP contribution is -2.29. The van der Waals surface area contributed by atoms with Crippen LogP contribution in [0.1, 0.15) is 11.8 Å². The quantitative estimate of drug-likeness (QED) is 0.786. The molecule has 1 atom stereocenters. The Kier molecular flexibility index (Phi) is 5.30. The van der Waals surface area contributed by atoms with Crippen LogP contribution in [0.3, 0.4) is 0 Å². The number of nitrogens with zero attached hydrogens (tertiary/aromatic N) is 1. The summed E-state index contributed by atoms with van der Waals surface area (Å²) in [5, 5.41) is 10.1. The molecule has 126 valence electrons.